The third-order valence-corrected chi connectivity index (χ3v) is 4.95. The average molecular weight is 362 g/mol. The van der Waals surface area contributed by atoms with E-state index in [9.17, 15) is 13.2 Å². The number of ether oxygens (including phenoxy) is 1. The Labute approximate surface area is 148 Å². The zero-order chi connectivity index (χ0) is 18.4. The van der Waals surface area contributed by atoms with E-state index in [1.165, 1.54) is 13.2 Å². The number of sulfonamides is 1. The number of para-hydroxylation sites is 1. The fourth-order valence-electron chi connectivity index (χ4n) is 2.30. The molecule has 0 saturated carbocycles. The second-order valence-electron chi connectivity index (χ2n) is 5.56. The largest absolute Gasteiger partial charge is 0.495 e. The lowest BCUT2D eigenvalue weighted by Crippen LogP contribution is -2.26. The number of aryl methyl sites for hydroxylation is 1. The van der Waals surface area contributed by atoms with E-state index >= 15 is 0 Å². The van der Waals surface area contributed by atoms with Crippen molar-refractivity contribution in [1.82, 2.24) is 5.32 Å². The second kappa shape index (κ2) is 8.02. The van der Waals surface area contributed by atoms with E-state index in [0.717, 1.165) is 12.0 Å². The van der Waals surface area contributed by atoms with Crippen LogP contribution in [0.1, 0.15) is 29.3 Å². The van der Waals surface area contributed by atoms with Gasteiger partial charge in [0, 0.05) is 6.54 Å². The van der Waals surface area contributed by atoms with Crippen LogP contribution in [-0.4, -0.2) is 28.0 Å². The van der Waals surface area contributed by atoms with Crippen LogP contribution in [0.2, 0.25) is 0 Å². The van der Waals surface area contributed by atoms with E-state index in [0.29, 0.717) is 6.54 Å². The minimum absolute atomic E-state index is 0.0266. The Morgan fingerprint density at radius 2 is 1.88 bits per heavy atom. The lowest BCUT2D eigenvalue weighted by atomic mass is 10.1. The zero-order valence-electron chi connectivity index (χ0n) is 14.5. The molecular weight excluding hydrogens is 340 g/mol. The maximum atomic E-state index is 12.8. The minimum Gasteiger partial charge on any atom is -0.495 e. The Hall–Kier alpha value is -2.54. The van der Waals surface area contributed by atoms with Crippen molar-refractivity contribution in [2.75, 3.05) is 18.4 Å². The summed E-state index contributed by atoms with van der Waals surface area (Å²) in [6, 6.07) is 11.4. The van der Waals surface area contributed by atoms with Crippen molar-refractivity contribution < 1.29 is 17.9 Å². The first-order valence-corrected chi connectivity index (χ1v) is 9.42. The van der Waals surface area contributed by atoms with Crippen molar-refractivity contribution in [3.63, 3.8) is 0 Å². The highest BCUT2D eigenvalue weighted by Gasteiger charge is 2.22. The number of amides is 1. The van der Waals surface area contributed by atoms with Gasteiger partial charge in [-0.05, 0) is 43.2 Å². The summed E-state index contributed by atoms with van der Waals surface area (Å²) in [4.78, 5) is 12.3. The Kier molecular flexibility index (Phi) is 6.03. The van der Waals surface area contributed by atoms with Gasteiger partial charge in [-0.3, -0.25) is 9.52 Å². The molecule has 134 valence electrons. The number of hydrogen-bond acceptors (Lipinski definition) is 4. The van der Waals surface area contributed by atoms with Crippen LogP contribution in [0.15, 0.2) is 47.4 Å². The number of methoxy groups -OCH3 is 1. The van der Waals surface area contributed by atoms with Crippen LogP contribution in [0.3, 0.4) is 0 Å². The van der Waals surface area contributed by atoms with Gasteiger partial charge in [-0.25, -0.2) is 8.42 Å². The molecule has 0 radical (unpaired) electrons. The first kappa shape index (κ1) is 18.8. The van der Waals surface area contributed by atoms with Crippen LogP contribution in [0.25, 0.3) is 0 Å². The van der Waals surface area contributed by atoms with Gasteiger partial charge in [0.2, 0.25) is 0 Å². The fourth-order valence-corrected chi connectivity index (χ4v) is 3.63. The SMILES string of the molecule is CCCNC(=O)c1ccccc1NS(=O)(=O)c1cc(C)ccc1OC. The van der Waals surface area contributed by atoms with Gasteiger partial charge in [0.25, 0.3) is 15.9 Å². The predicted molar refractivity (Wildman–Crippen MR) is 97.6 cm³/mol. The van der Waals surface area contributed by atoms with Gasteiger partial charge in [0.1, 0.15) is 10.6 Å². The molecule has 2 aromatic rings. The van der Waals surface area contributed by atoms with Crippen molar-refractivity contribution in [2.24, 2.45) is 0 Å². The van der Waals surface area contributed by atoms with Crippen molar-refractivity contribution in [2.45, 2.75) is 25.2 Å². The average Bonchev–Trinajstić information content (AvgIpc) is 2.59. The lowest BCUT2D eigenvalue weighted by molar-refractivity contribution is 0.0954. The number of benzene rings is 2. The molecule has 2 aromatic carbocycles. The quantitative estimate of drug-likeness (QED) is 0.793. The van der Waals surface area contributed by atoms with E-state index in [4.69, 9.17) is 4.74 Å². The first-order chi connectivity index (χ1) is 11.9. The summed E-state index contributed by atoms with van der Waals surface area (Å²) in [6.45, 7) is 4.26. The molecule has 0 fully saturated rings. The summed E-state index contributed by atoms with van der Waals surface area (Å²) in [5.41, 5.74) is 1.28. The van der Waals surface area contributed by atoms with E-state index in [2.05, 4.69) is 10.0 Å². The summed E-state index contributed by atoms with van der Waals surface area (Å²) in [5, 5.41) is 2.75. The maximum absolute atomic E-state index is 12.8. The topological polar surface area (TPSA) is 84.5 Å². The number of carbonyl (C=O) groups excluding carboxylic acids is 1. The Morgan fingerprint density at radius 1 is 1.16 bits per heavy atom. The number of anilines is 1. The van der Waals surface area contributed by atoms with Crippen LogP contribution < -0.4 is 14.8 Å². The third-order valence-electron chi connectivity index (χ3n) is 3.56. The molecule has 0 heterocycles. The van der Waals surface area contributed by atoms with Crippen LogP contribution in [0.4, 0.5) is 5.69 Å². The maximum Gasteiger partial charge on any atom is 0.265 e. The molecular formula is C18H22N2O4S. The number of hydrogen-bond donors (Lipinski definition) is 2. The van der Waals surface area contributed by atoms with Gasteiger partial charge >= 0.3 is 0 Å². The molecule has 0 spiro atoms. The van der Waals surface area contributed by atoms with Crippen LogP contribution >= 0.6 is 0 Å². The highest BCUT2D eigenvalue weighted by atomic mass is 32.2. The van der Waals surface area contributed by atoms with E-state index < -0.39 is 10.0 Å². The first-order valence-electron chi connectivity index (χ1n) is 7.93. The van der Waals surface area contributed by atoms with E-state index in [1.807, 2.05) is 6.92 Å². The molecule has 0 aromatic heterocycles. The van der Waals surface area contributed by atoms with Gasteiger partial charge in [-0.2, -0.15) is 0 Å². The van der Waals surface area contributed by atoms with E-state index in [1.54, 1.807) is 43.3 Å². The third kappa shape index (κ3) is 4.51. The molecule has 0 unspecified atom stereocenters. The molecule has 0 aliphatic carbocycles. The predicted octanol–water partition coefficient (Wildman–Crippen LogP) is 2.94. The summed E-state index contributed by atoms with van der Waals surface area (Å²) in [5.74, 6) is -0.0811. The molecule has 7 heteroatoms. The van der Waals surface area contributed by atoms with Crippen LogP contribution in [-0.2, 0) is 10.0 Å². The summed E-state index contributed by atoms with van der Waals surface area (Å²) in [7, 11) is -2.50. The summed E-state index contributed by atoms with van der Waals surface area (Å²) < 4.78 is 33.2. The summed E-state index contributed by atoms with van der Waals surface area (Å²) >= 11 is 0. The summed E-state index contributed by atoms with van der Waals surface area (Å²) in [6.07, 6.45) is 0.792. The monoisotopic (exact) mass is 362 g/mol. The molecule has 0 aliphatic heterocycles. The normalized spacial score (nSPS) is 11.0. The van der Waals surface area contributed by atoms with Gasteiger partial charge in [0.15, 0.2) is 0 Å². The van der Waals surface area contributed by atoms with Crippen molar-refractivity contribution >= 4 is 21.6 Å². The lowest BCUT2D eigenvalue weighted by Gasteiger charge is -2.15. The molecule has 0 atom stereocenters. The van der Waals surface area contributed by atoms with Crippen LogP contribution in [0, 0.1) is 6.92 Å². The smallest absolute Gasteiger partial charge is 0.265 e. The number of nitrogens with one attached hydrogen (secondary N) is 2. The zero-order valence-corrected chi connectivity index (χ0v) is 15.3. The molecule has 0 aliphatic rings. The number of rotatable bonds is 7. The molecule has 2 rings (SSSR count). The van der Waals surface area contributed by atoms with Crippen molar-refractivity contribution in [3.8, 4) is 5.75 Å². The van der Waals surface area contributed by atoms with Gasteiger partial charge in [-0.1, -0.05) is 25.1 Å². The molecule has 25 heavy (non-hydrogen) atoms. The fraction of sp³-hybridized carbons (Fsp3) is 0.278. The Bertz CT molecular complexity index is 863. The van der Waals surface area contributed by atoms with E-state index in [-0.39, 0.29) is 27.8 Å². The Morgan fingerprint density at radius 3 is 2.56 bits per heavy atom. The van der Waals surface area contributed by atoms with Gasteiger partial charge < -0.3 is 10.1 Å². The molecule has 0 saturated heterocycles. The molecule has 6 nitrogen and oxygen atoms in total. The molecule has 2 N–H and O–H groups in total. The number of carbonyl (C=O) groups is 1. The van der Waals surface area contributed by atoms with Gasteiger partial charge in [0.05, 0.1) is 18.4 Å². The van der Waals surface area contributed by atoms with Gasteiger partial charge in [-0.15, -0.1) is 0 Å². The highest BCUT2D eigenvalue weighted by molar-refractivity contribution is 7.92. The standard InChI is InChI=1S/C18H22N2O4S/c1-4-11-19-18(21)14-7-5-6-8-15(14)20-25(22,23)17-12-13(2)9-10-16(17)24-3/h5-10,12,20H,4,11H2,1-3H3,(H,19,21). The minimum atomic E-state index is -3.91. The van der Waals surface area contributed by atoms with Crippen LogP contribution in [0.5, 0.6) is 5.75 Å². The molecule has 1 amide bonds. The van der Waals surface area contributed by atoms with Crippen molar-refractivity contribution in [3.05, 3.63) is 53.6 Å². The highest BCUT2D eigenvalue weighted by Crippen LogP contribution is 2.27. The second-order valence-corrected chi connectivity index (χ2v) is 7.21. The Balaban J connectivity index is 2.39. The van der Waals surface area contributed by atoms with Crippen molar-refractivity contribution in [1.29, 1.82) is 0 Å². The molecule has 0 bridgehead atoms.